The highest BCUT2D eigenvalue weighted by Gasteiger charge is 2.42. The van der Waals surface area contributed by atoms with Crippen LogP contribution in [0.15, 0.2) is 18.2 Å². The van der Waals surface area contributed by atoms with Crippen LogP contribution in [-0.2, 0) is 6.54 Å². The quantitative estimate of drug-likeness (QED) is 0.898. The molecule has 0 radical (unpaired) electrons. The number of aliphatic hydroxyl groups is 1. The number of halogens is 1. The second-order valence-corrected chi connectivity index (χ2v) is 7.27. The zero-order chi connectivity index (χ0) is 14.4. The SMILES string of the molecule is OC1CCC2CN(c3cccc(Cl)c3CNC3CC3)CC12. The first-order valence-electron chi connectivity index (χ1n) is 8.16. The monoisotopic (exact) mass is 306 g/mol. The smallest absolute Gasteiger partial charge is 0.0588 e. The van der Waals surface area contributed by atoms with Crippen molar-refractivity contribution in [2.75, 3.05) is 18.0 Å². The van der Waals surface area contributed by atoms with Gasteiger partial charge in [-0.1, -0.05) is 17.7 Å². The minimum absolute atomic E-state index is 0.104. The number of rotatable bonds is 4. The molecule has 1 saturated heterocycles. The Bertz CT molecular complexity index is 532. The Morgan fingerprint density at radius 2 is 2.05 bits per heavy atom. The maximum atomic E-state index is 10.1. The first-order valence-corrected chi connectivity index (χ1v) is 8.54. The second kappa shape index (κ2) is 5.45. The van der Waals surface area contributed by atoms with Crippen molar-refractivity contribution in [2.24, 2.45) is 11.8 Å². The number of aliphatic hydroxyl groups excluding tert-OH is 1. The molecule has 21 heavy (non-hydrogen) atoms. The highest BCUT2D eigenvalue weighted by atomic mass is 35.5. The van der Waals surface area contributed by atoms with Gasteiger partial charge in [0.15, 0.2) is 0 Å². The van der Waals surface area contributed by atoms with Gasteiger partial charge in [0.05, 0.1) is 6.10 Å². The maximum Gasteiger partial charge on any atom is 0.0588 e. The predicted molar refractivity (Wildman–Crippen MR) is 85.7 cm³/mol. The van der Waals surface area contributed by atoms with E-state index in [9.17, 15) is 5.11 Å². The number of benzene rings is 1. The second-order valence-electron chi connectivity index (χ2n) is 6.87. The number of anilines is 1. The lowest BCUT2D eigenvalue weighted by Crippen LogP contribution is -2.26. The van der Waals surface area contributed by atoms with Crippen LogP contribution >= 0.6 is 11.6 Å². The highest BCUT2D eigenvalue weighted by Crippen LogP contribution is 2.41. The Morgan fingerprint density at radius 1 is 1.19 bits per heavy atom. The molecule has 1 aliphatic heterocycles. The summed E-state index contributed by atoms with van der Waals surface area (Å²) in [4.78, 5) is 2.44. The predicted octanol–water partition coefficient (Wildman–Crippen LogP) is 2.80. The zero-order valence-corrected chi connectivity index (χ0v) is 13.0. The van der Waals surface area contributed by atoms with Gasteiger partial charge in [0, 0.05) is 47.9 Å². The van der Waals surface area contributed by atoms with Crippen molar-refractivity contribution in [3.8, 4) is 0 Å². The molecular weight excluding hydrogens is 284 g/mol. The summed E-state index contributed by atoms with van der Waals surface area (Å²) >= 11 is 6.44. The average molecular weight is 307 g/mol. The van der Waals surface area contributed by atoms with Crippen LogP contribution in [0.3, 0.4) is 0 Å². The molecule has 3 atom stereocenters. The van der Waals surface area contributed by atoms with Crippen molar-refractivity contribution in [3.05, 3.63) is 28.8 Å². The number of nitrogens with zero attached hydrogens (tertiary/aromatic N) is 1. The standard InChI is InChI=1S/C17H23ClN2O/c18-15-2-1-3-16(13(15)8-19-12-5-6-12)20-9-11-4-7-17(21)14(11)10-20/h1-3,11-12,14,17,19,21H,4-10H2. The van der Waals surface area contributed by atoms with Gasteiger partial charge < -0.3 is 15.3 Å². The van der Waals surface area contributed by atoms with E-state index in [1.165, 1.54) is 30.5 Å². The number of fused-ring (bicyclic) bond motifs is 1. The fourth-order valence-corrected chi connectivity index (χ4v) is 4.22. The molecule has 3 aliphatic rings. The zero-order valence-electron chi connectivity index (χ0n) is 12.3. The molecule has 0 aromatic heterocycles. The Morgan fingerprint density at radius 3 is 2.81 bits per heavy atom. The Balaban J connectivity index is 1.55. The minimum atomic E-state index is -0.104. The van der Waals surface area contributed by atoms with Crippen LogP contribution in [0.25, 0.3) is 0 Å². The summed E-state index contributed by atoms with van der Waals surface area (Å²) in [5, 5.41) is 14.5. The van der Waals surface area contributed by atoms with Crippen LogP contribution in [0.5, 0.6) is 0 Å². The summed E-state index contributed by atoms with van der Waals surface area (Å²) in [6, 6.07) is 6.90. The molecule has 0 bridgehead atoms. The van der Waals surface area contributed by atoms with Gasteiger partial charge in [-0.25, -0.2) is 0 Å². The van der Waals surface area contributed by atoms with Gasteiger partial charge in [-0.15, -0.1) is 0 Å². The van der Waals surface area contributed by atoms with Crippen LogP contribution < -0.4 is 10.2 Å². The molecule has 2 N–H and O–H groups in total. The molecule has 4 heteroatoms. The van der Waals surface area contributed by atoms with Crippen LogP contribution in [-0.4, -0.2) is 30.3 Å². The van der Waals surface area contributed by atoms with E-state index in [1.807, 2.05) is 12.1 Å². The van der Waals surface area contributed by atoms with Gasteiger partial charge in [-0.05, 0) is 43.7 Å². The Kier molecular flexibility index (Phi) is 3.60. The van der Waals surface area contributed by atoms with Gasteiger partial charge in [0.2, 0.25) is 0 Å². The number of hydrogen-bond donors (Lipinski definition) is 2. The first-order chi connectivity index (χ1) is 10.2. The fourth-order valence-electron chi connectivity index (χ4n) is 3.99. The average Bonchev–Trinajstić information content (AvgIpc) is 3.10. The van der Waals surface area contributed by atoms with Gasteiger partial charge in [-0.3, -0.25) is 0 Å². The van der Waals surface area contributed by atoms with E-state index in [0.29, 0.717) is 17.9 Å². The fraction of sp³-hybridized carbons (Fsp3) is 0.647. The molecule has 3 fully saturated rings. The maximum absolute atomic E-state index is 10.1. The molecule has 3 nitrogen and oxygen atoms in total. The summed E-state index contributed by atoms with van der Waals surface area (Å²) in [5.41, 5.74) is 2.48. The molecular formula is C17H23ClN2O. The van der Waals surface area contributed by atoms with E-state index in [2.05, 4.69) is 16.3 Å². The molecule has 4 rings (SSSR count). The van der Waals surface area contributed by atoms with Crippen molar-refractivity contribution in [1.29, 1.82) is 0 Å². The van der Waals surface area contributed by atoms with Crippen molar-refractivity contribution < 1.29 is 5.11 Å². The lowest BCUT2D eigenvalue weighted by Gasteiger charge is -2.24. The van der Waals surface area contributed by atoms with Crippen LogP contribution in [0.2, 0.25) is 5.02 Å². The third-order valence-electron chi connectivity index (χ3n) is 5.40. The van der Waals surface area contributed by atoms with Gasteiger partial charge in [0.1, 0.15) is 0 Å². The van der Waals surface area contributed by atoms with Crippen LogP contribution in [0, 0.1) is 11.8 Å². The largest absolute Gasteiger partial charge is 0.393 e. The number of hydrogen-bond acceptors (Lipinski definition) is 3. The summed E-state index contributed by atoms with van der Waals surface area (Å²) in [7, 11) is 0. The van der Waals surface area contributed by atoms with Gasteiger partial charge in [-0.2, -0.15) is 0 Å². The molecule has 1 heterocycles. The number of nitrogens with one attached hydrogen (secondary N) is 1. The lowest BCUT2D eigenvalue weighted by molar-refractivity contribution is 0.133. The molecule has 2 aliphatic carbocycles. The third kappa shape index (κ3) is 2.67. The highest BCUT2D eigenvalue weighted by molar-refractivity contribution is 6.31. The van der Waals surface area contributed by atoms with Crippen molar-refractivity contribution in [2.45, 2.75) is 44.4 Å². The topological polar surface area (TPSA) is 35.5 Å². The van der Waals surface area contributed by atoms with Crippen molar-refractivity contribution in [1.82, 2.24) is 5.32 Å². The third-order valence-corrected chi connectivity index (χ3v) is 5.75. The summed E-state index contributed by atoms with van der Waals surface area (Å²) in [6.07, 6.45) is 4.62. The Labute approximate surface area is 131 Å². The van der Waals surface area contributed by atoms with Gasteiger partial charge in [0.25, 0.3) is 0 Å². The normalized spacial score (nSPS) is 31.7. The molecule has 114 valence electrons. The summed E-state index contributed by atoms with van der Waals surface area (Å²) < 4.78 is 0. The van der Waals surface area contributed by atoms with Crippen molar-refractivity contribution in [3.63, 3.8) is 0 Å². The molecule has 0 spiro atoms. The molecule has 3 unspecified atom stereocenters. The van der Waals surface area contributed by atoms with Crippen molar-refractivity contribution >= 4 is 17.3 Å². The van der Waals surface area contributed by atoms with Crippen LogP contribution in [0.1, 0.15) is 31.2 Å². The van der Waals surface area contributed by atoms with E-state index in [1.54, 1.807) is 0 Å². The van der Waals surface area contributed by atoms with E-state index in [-0.39, 0.29) is 6.10 Å². The van der Waals surface area contributed by atoms with Crippen LogP contribution in [0.4, 0.5) is 5.69 Å². The summed E-state index contributed by atoms with van der Waals surface area (Å²) in [6.45, 7) is 2.90. The minimum Gasteiger partial charge on any atom is -0.393 e. The molecule has 2 saturated carbocycles. The summed E-state index contributed by atoms with van der Waals surface area (Å²) in [5.74, 6) is 1.11. The van der Waals surface area contributed by atoms with E-state index in [4.69, 9.17) is 11.6 Å². The first kappa shape index (κ1) is 13.9. The van der Waals surface area contributed by atoms with E-state index < -0.39 is 0 Å². The van der Waals surface area contributed by atoms with E-state index >= 15 is 0 Å². The molecule has 0 amide bonds. The Hall–Kier alpha value is -0.770. The molecule has 1 aromatic rings. The van der Waals surface area contributed by atoms with E-state index in [0.717, 1.165) is 31.1 Å². The lowest BCUT2D eigenvalue weighted by atomic mass is 10.00. The van der Waals surface area contributed by atoms with Gasteiger partial charge >= 0.3 is 0 Å². The molecule has 1 aromatic carbocycles.